The van der Waals surface area contributed by atoms with E-state index in [4.69, 9.17) is 0 Å². The minimum absolute atomic E-state index is 0.462. The minimum atomic E-state index is 0.462. The van der Waals surface area contributed by atoms with Gasteiger partial charge in [-0.05, 0) is 33.4 Å². The van der Waals surface area contributed by atoms with Crippen LogP contribution in [0, 0.1) is 5.92 Å². The highest BCUT2D eigenvalue weighted by Crippen LogP contribution is 2.50. The van der Waals surface area contributed by atoms with E-state index in [1.165, 1.54) is 11.3 Å². The van der Waals surface area contributed by atoms with E-state index in [2.05, 4.69) is 69.3 Å². The van der Waals surface area contributed by atoms with Crippen molar-refractivity contribution >= 4 is 11.3 Å². The summed E-state index contributed by atoms with van der Waals surface area (Å²) >= 11 is 0. The van der Waals surface area contributed by atoms with Crippen molar-refractivity contribution in [3.8, 4) is 0 Å². The summed E-state index contributed by atoms with van der Waals surface area (Å²) in [5, 5.41) is 0. The predicted molar refractivity (Wildman–Crippen MR) is 106 cm³/mol. The van der Waals surface area contributed by atoms with Gasteiger partial charge in [0.1, 0.15) is 11.4 Å². The Balaban J connectivity index is 2.16. The van der Waals surface area contributed by atoms with Gasteiger partial charge in [0.25, 0.3) is 0 Å². The Kier molecular flexibility index (Phi) is 4.80. The second kappa shape index (κ2) is 6.70. The van der Waals surface area contributed by atoms with Crippen LogP contribution in [-0.2, 0) is 0 Å². The summed E-state index contributed by atoms with van der Waals surface area (Å²) in [4.78, 5) is 2.45. The SMILES string of the molecule is C=CCC(C=C)C[N+]1(C(C)C)C2=C(CN(C)CC2)c2ccccc21. The maximum Gasteiger partial charge on any atom is 0.145 e. The quantitative estimate of drug-likeness (QED) is 0.535. The molecule has 2 atom stereocenters. The molecular formula is C22H31N2+. The van der Waals surface area contributed by atoms with Crippen LogP contribution in [0.15, 0.2) is 55.3 Å². The molecule has 1 aromatic rings. The van der Waals surface area contributed by atoms with E-state index in [0.29, 0.717) is 12.0 Å². The lowest BCUT2D eigenvalue weighted by Gasteiger charge is -2.43. The van der Waals surface area contributed by atoms with Crippen molar-refractivity contribution in [2.75, 3.05) is 26.7 Å². The topological polar surface area (TPSA) is 3.24 Å². The molecular weight excluding hydrogens is 292 g/mol. The molecule has 128 valence electrons. The van der Waals surface area contributed by atoms with Gasteiger partial charge >= 0.3 is 0 Å². The number of benzene rings is 1. The fraction of sp³-hybridized carbons (Fsp3) is 0.455. The molecule has 0 saturated carbocycles. The van der Waals surface area contributed by atoms with Crippen molar-refractivity contribution in [1.29, 1.82) is 0 Å². The second-order valence-electron chi connectivity index (χ2n) is 7.60. The molecule has 2 nitrogen and oxygen atoms in total. The van der Waals surface area contributed by atoms with E-state index >= 15 is 0 Å². The lowest BCUT2D eigenvalue weighted by molar-refractivity contribution is 0.238. The van der Waals surface area contributed by atoms with E-state index in [9.17, 15) is 0 Å². The average Bonchev–Trinajstić information content (AvgIpc) is 2.85. The van der Waals surface area contributed by atoms with Gasteiger partial charge in [-0.15, -0.1) is 13.2 Å². The minimum Gasteiger partial charge on any atom is -0.301 e. The number of hydrogen-bond acceptors (Lipinski definition) is 1. The van der Waals surface area contributed by atoms with Crippen LogP contribution in [0.2, 0.25) is 0 Å². The van der Waals surface area contributed by atoms with Gasteiger partial charge < -0.3 is 4.90 Å². The first-order valence-electron chi connectivity index (χ1n) is 9.17. The van der Waals surface area contributed by atoms with Crippen molar-refractivity contribution < 1.29 is 0 Å². The van der Waals surface area contributed by atoms with Gasteiger partial charge in [0.15, 0.2) is 0 Å². The van der Waals surface area contributed by atoms with Crippen LogP contribution in [0.4, 0.5) is 5.69 Å². The molecule has 0 saturated heterocycles. The molecule has 0 radical (unpaired) electrons. The Bertz CT molecular complexity index is 670. The van der Waals surface area contributed by atoms with Crippen LogP contribution in [-0.4, -0.2) is 37.6 Å². The van der Waals surface area contributed by atoms with Crippen molar-refractivity contribution in [1.82, 2.24) is 9.38 Å². The number of quaternary nitrogens is 1. The number of likely N-dealkylation sites (N-methyl/N-ethyl adjacent to an activating group) is 1. The number of allylic oxidation sites excluding steroid dienone is 1. The Labute approximate surface area is 147 Å². The summed E-state index contributed by atoms with van der Waals surface area (Å²) in [6.07, 6.45) is 6.33. The molecule has 0 spiro atoms. The molecule has 2 aliphatic rings. The van der Waals surface area contributed by atoms with E-state index in [1.807, 2.05) is 6.08 Å². The molecule has 2 heterocycles. The number of hydrogen-bond donors (Lipinski definition) is 0. The highest BCUT2D eigenvalue weighted by atomic mass is 15.4. The van der Waals surface area contributed by atoms with Gasteiger partial charge in [0, 0.05) is 42.6 Å². The molecule has 2 unspecified atom stereocenters. The van der Waals surface area contributed by atoms with Crippen LogP contribution in [0.25, 0.3) is 5.57 Å². The van der Waals surface area contributed by atoms with E-state index in [1.54, 1.807) is 11.3 Å². The van der Waals surface area contributed by atoms with Crippen molar-refractivity contribution in [3.05, 3.63) is 60.8 Å². The zero-order valence-electron chi connectivity index (χ0n) is 15.5. The van der Waals surface area contributed by atoms with Gasteiger partial charge in [-0.3, -0.25) is 4.48 Å². The van der Waals surface area contributed by atoms with E-state index < -0.39 is 0 Å². The van der Waals surface area contributed by atoms with Crippen LogP contribution >= 0.6 is 0 Å². The van der Waals surface area contributed by atoms with E-state index in [0.717, 1.165) is 37.0 Å². The summed E-state index contributed by atoms with van der Waals surface area (Å²) in [5.74, 6) is 0.462. The van der Waals surface area contributed by atoms with Crippen molar-refractivity contribution in [3.63, 3.8) is 0 Å². The molecule has 0 aromatic heterocycles. The molecule has 2 heteroatoms. The smallest absolute Gasteiger partial charge is 0.145 e. The third kappa shape index (κ3) is 2.58. The molecule has 0 amide bonds. The summed E-state index contributed by atoms with van der Waals surface area (Å²) in [5.41, 5.74) is 6.16. The number of rotatable bonds is 6. The van der Waals surface area contributed by atoms with Gasteiger partial charge in [-0.1, -0.05) is 24.3 Å². The maximum atomic E-state index is 4.10. The normalized spacial score (nSPS) is 24.7. The third-order valence-electron chi connectivity index (χ3n) is 5.85. The van der Waals surface area contributed by atoms with Gasteiger partial charge in [0.2, 0.25) is 0 Å². The van der Waals surface area contributed by atoms with Crippen LogP contribution in [0.3, 0.4) is 0 Å². The Morgan fingerprint density at radius 2 is 2.00 bits per heavy atom. The van der Waals surface area contributed by atoms with E-state index in [-0.39, 0.29) is 0 Å². The first-order chi connectivity index (χ1) is 11.5. The maximum absolute atomic E-state index is 4.10. The van der Waals surface area contributed by atoms with Gasteiger partial charge in [-0.25, -0.2) is 0 Å². The second-order valence-corrected chi connectivity index (χ2v) is 7.60. The Morgan fingerprint density at radius 3 is 2.67 bits per heavy atom. The summed E-state index contributed by atoms with van der Waals surface area (Å²) in [6.45, 7) is 16.1. The molecule has 0 bridgehead atoms. The zero-order chi connectivity index (χ0) is 17.3. The average molecular weight is 324 g/mol. The Morgan fingerprint density at radius 1 is 1.25 bits per heavy atom. The third-order valence-corrected chi connectivity index (χ3v) is 5.85. The molecule has 0 N–H and O–H groups in total. The molecule has 0 aliphatic carbocycles. The van der Waals surface area contributed by atoms with Gasteiger partial charge in [0.05, 0.1) is 12.6 Å². The molecule has 24 heavy (non-hydrogen) atoms. The predicted octanol–water partition coefficient (Wildman–Crippen LogP) is 4.84. The fourth-order valence-corrected chi connectivity index (χ4v) is 4.63. The Hall–Kier alpha value is -1.64. The largest absolute Gasteiger partial charge is 0.301 e. The summed E-state index contributed by atoms with van der Waals surface area (Å²) in [6, 6.07) is 9.58. The highest BCUT2D eigenvalue weighted by molar-refractivity contribution is 5.87. The molecule has 3 rings (SSSR count). The van der Waals surface area contributed by atoms with Crippen LogP contribution < -0.4 is 4.48 Å². The lowest BCUT2D eigenvalue weighted by atomic mass is 9.98. The molecule has 2 aliphatic heterocycles. The number of para-hydroxylation sites is 1. The first kappa shape index (κ1) is 17.2. The van der Waals surface area contributed by atoms with Crippen LogP contribution in [0.5, 0.6) is 0 Å². The number of fused-ring (bicyclic) bond motifs is 2. The molecule has 1 aromatic carbocycles. The van der Waals surface area contributed by atoms with Gasteiger partial charge in [-0.2, -0.15) is 0 Å². The standard InChI is InChI=1S/C22H31N2/c1-6-10-18(7-2)16-24(17(3)4)21-12-9-8-11-19(21)20-15-23(5)14-13-22(20)24/h6-9,11-12,17-18H,1-2,10,13-16H2,3-5H3/q+1. The van der Waals surface area contributed by atoms with Crippen molar-refractivity contribution in [2.45, 2.75) is 32.7 Å². The lowest BCUT2D eigenvalue weighted by Crippen LogP contribution is -2.55. The van der Waals surface area contributed by atoms with Crippen LogP contribution in [0.1, 0.15) is 32.3 Å². The summed E-state index contributed by atoms with van der Waals surface area (Å²) < 4.78 is 1.00. The highest BCUT2D eigenvalue weighted by Gasteiger charge is 2.49. The zero-order valence-corrected chi connectivity index (χ0v) is 15.5. The number of nitrogens with zero attached hydrogens (tertiary/aromatic N) is 2. The molecule has 0 fully saturated rings. The monoisotopic (exact) mass is 323 g/mol. The van der Waals surface area contributed by atoms with Crippen molar-refractivity contribution in [2.24, 2.45) is 5.92 Å². The summed E-state index contributed by atoms with van der Waals surface area (Å²) in [7, 11) is 2.24. The fourth-order valence-electron chi connectivity index (χ4n) is 4.63. The first-order valence-corrected chi connectivity index (χ1v) is 9.17.